The van der Waals surface area contributed by atoms with Gasteiger partial charge in [0.15, 0.2) is 0 Å². The van der Waals surface area contributed by atoms with E-state index in [1.807, 2.05) is 0 Å². The molecule has 3 heteroatoms. The number of fused-ring (bicyclic) bond motifs is 5. The van der Waals surface area contributed by atoms with Crippen molar-refractivity contribution in [3.05, 3.63) is 11.6 Å². The smallest absolute Gasteiger partial charge is 0.144 e. The summed E-state index contributed by atoms with van der Waals surface area (Å²) in [5.41, 5.74) is 1.36. The van der Waals surface area contributed by atoms with Crippen LogP contribution in [0.3, 0.4) is 0 Å². The molecule has 2 nitrogen and oxygen atoms in total. The zero-order valence-electron chi connectivity index (χ0n) is 14.4. The molecule has 4 aliphatic rings. The van der Waals surface area contributed by atoms with E-state index in [0.717, 1.165) is 44.9 Å². The van der Waals surface area contributed by atoms with Crippen molar-refractivity contribution in [1.29, 1.82) is 0 Å². The molecule has 3 fully saturated rings. The maximum atomic E-state index is 13.3. The summed E-state index contributed by atoms with van der Waals surface area (Å²) in [4.78, 5) is 12.7. The third-order valence-electron chi connectivity index (χ3n) is 8.13. The fourth-order valence-corrected chi connectivity index (χ4v) is 6.72. The van der Waals surface area contributed by atoms with Crippen LogP contribution in [0.5, 0.6) is 0 Å². The van der Waals surface area contributed by atoms with Gasteiger partial charge in [-0.2, -0.15) is 0 Å². The minimum absolute atomic E-state index is 0.177. The molecular weight excluding hydrogens is 291 g/mol. The van der Waals surface area contributed by atoms with E-state index in [4.69, 9.17) is 0 Å². The second-order valence-corrected chi connectivity index (χ2v) is 9.06. The zero-order valence-corrected chi connectivity index (χ0v) is 14.4. The first-order valence-corrected chi connectivity index (χ1v) is 9.38. The van der Waals surface area contributed by atoms with Gasteiger partial charge in [0, 0.05) is 11.3 Å². The molecule has 23 heavy (non-hydrogen) atoms. The van der Waals surface area contributed by atoms with Gasteiger partial charge in [-0.3, -0.25) is 9.18 Å². The molecule has 0 unspecified atom stereocenters. The number of ketones is 1. The molecule has 1 N–H and O–H groups in total. The van der Waals surface area contributed by atoms with Crippen molar-refractivity contribution in [3.63, 3.8) is 0 Å². The topological polar surface area (TPSA) is 37.3 Å². The van der Waals surface area contributed by atoms with Crippen LogP contribution in [0.1, 0.15) is 58.8 Å². The van der Waals surface area contributed by atoms with Gasteiger partial charge in [0.1, 0.15) is 5.78 Å². The van der Waals surface area contributed by atoms with E-state index >= 15 is 0 Å². The Morgan fingerprint density at radius 2 is 1.96 bits per heavy atom. The zero-order chi connectivity index (χ0) is 16.4. The summed E-state index contributed by atoms with van der Waals surface area (Å²) in [5.74, 6) is 1.34. The minimum atomic E-state index is -0.479. The van der Waals surface area contributed by atoms with Gasteiger partial charge in [0.2, 0.25) is 0 Å². The van der Waals surface area contributed by atoms with Gasteiger partial charge >= 0.3 is 0 Å². The van der Waals surface area contributed by atoms with E-state index < -0.39 is 6.67 Å². The van der Waals surface area contributed by atoms with Gasteiger partial charge in [0.25, 0.3) is 0 Å². The van der Waals surface area contributed by atoms with Gasteiger partial charge in [-0.25, -0.2) is 0 Å². The second kappa shape index (κ2) is 5.15. The largest absolute Gasteiger partial charge is 0.393 e. The molecule has 0 aliphatic heterocycles. The summed E-state index contributed by atoms with van der Waals surface area (Å²) in [6, 6.07) is 0. The normalized spacial score (nSPS) is 52.4. The van der Waals surface area contributed by atoms with Crippen LogP contribution in [0.4, 0.5) is 4.39 Å². The molecule has 4 rings (SSSR count). The molecular formula is C20H29FO2. The Kier molecular flexibility index (Phi) is 3.54. The Morgan fingerprint density at radius 1 is 1.22 bits per heavy atom. The first-order valence-electron chi connectivity index (χ1n) is 9.38. The standard InChI is InChI=1S/C20H29FO2/c1-19-7-5-14(22)10-13(19)3-4-15-16(19)6-8-20(2)17(15)9-12(11-21)18(20)23/h3,12,14-17,22H,4-11H2,1-2H3/t12-,14+,15-,16+,17+,19+,20+/m1/s1. The van der Waals surface area contributed by atoms with Crippen LogP contribution in [0.15, 0.2) is 11.6 Å². The van der Waals surface area contributed by atoms with E-state index in [1.54, 1.807) is 0 Å². The molecule has 0 radical (unpaired) electrons. The quantitative estimate of drug-likeness (QED) is 0.739. The number of rotatable bonds is 1. The van der Waals surface area contributed by atoms with Crippen molar-refractivity contribution in [2.24, 2.45) is 34.5 Å². The molecule has 0 aromatic heterocycles. The summed E-state index contributed by atoms with van der Waals surface area (Å²) in [6.07, 6.45) is 8.77. The molecule has 4 aliphatic carbocycles. The predicted molar refractivity (Wildman–Crippen MR) is 87.6 cm³/mol. The summed E-state index contributed by atoms with van der Waals surface area (Å²) >= 11 is 0. The average molecular weight is 320 g/mol. The maximum Gasteiger partial charge on any atom is 0.144 e. The van der Waals surface area contributed by atoms with Gasteiger partial charge < -0.3 is 5.11 Å². The van der Waals surface area contributed by atoms with Crippen LogP contribution < -0.4 is 0 Å². The van der Waals surface area contributed by atoms with Crippen molar-refractivity contribution in [2.45, 2.75) is 64.9 Å². The highest BCUT2D eigenvalue weighted by atomic mass is 19.1. The molecule has 0 spiro atoms. The highest BCUT2D eigenvalue weighted by Gasteiger charge is 2.60. The number of halogens is 1. The van der Waals surface area contributed by atoms with E-state index in [0.29, 0.717) is 17.8 Å². The summed E-state index contributed by atoms with van der Waals surface area (Å²) < 4.78 is 13.3. The maximum absolute atomic E-state index is 13.3. The van der Waals surface area contributed by atoms with Crippen LogP contribution in [-0.4, -0.2) is 23.7 Å². The SMILES string of the molecule is C[C@]12CC[C@H](O)CC1=CC[C@@H]1[C@@H]2CC[C@]2(C)C(=O)[C@@H](CF)C[C@@H]12. The Balaban J connectivity index is 1.68. The Labute approximate surface area is 138 Å². The monoisotopic (exact) mass is 320 g/mol. The van der Waals surface area contributed by atoms with E-state index in [9.17, 15) is 14.3 Å². The van der Waals surface area contributed by atoms with Crippen molar-refractivity contribution >= 4 is 5.78 Å². The predicted octanol–water partition coefficient (Wildman–Crippen LogP) is 4.07. The number of hydrogen-bond acceptors (Lipinski definition) is 2. The molecule has 0 bridgehead atoms. The molecule has 0 aromatic rings. The lowest BCUT2D eigenvalue weighted by molar-refractivity contribution is -0.134. The van der Waals surface area contributed by atoms with Crippen molar-refractivity contribution in [1.82, 2.24) is 0 Å². The lowest BCUT2D eigenvalue weighted by Gasteiger charge is -2.56. The lowest BCUT2D eigenvalue weighted by Crippen LogP contribution is -2.50. The first kappa shape index (κ1) is 15.8. The van der Waals surface area contributed by atoms with Gasteiger partial charge in [-0.05, 0) is 68.1 Å². The van der Waals surface area contributed by atoms with Crippen LogP contribution in [0.2, 0.25) is 0 Å². The highest BCUT2D eigenvalue weighted by Crippen LogP contribution is 2.64. The number of aliphatic hydroxyl groups excluding tert-OH is 1. The number of alkyl halides is 1. The number of aliphatic hydroxyl groups is 1. The Hall–Kier alpha value is -0.700. The highest BCUT2D eigenvalue weighted by molar-refractivity contribution is 5.89. The van der Waals surface area contributed by atoms with Crippen molar-refractivity contribution in [2.75, 3.05) is 6.67 Å². The molecule has 3 saturated carbocycles. The molecule has 128 valence electrons. The molecule has 0 saturated heterocycles. The van der Waals surface area contributed by atoms with Gasteiger partial charge in [-0.15, -0.1) is 0 Å². The second-order valence-electron chi connectivity index (χ2n) is 9.06. The molecule has 0 amide bonds. The molecule has 0 aromatic carbocycles. The summed E-state index contributed by atoms with van der Waals surface area (Å²) in [7, 11) is 0. The van der Waals surface area contributed by atoms with Crippen molar-refractivity contribution < 1.29 is 14.3 Å². The van der Waals surface area contributed by atoms with Crippen LogP contribution in [-0.2, 0) is 4.79 Å². The summed E-state index contributed by atoms with van der Waals surface area (Å²) in [6.45, 7) is 4.01. The fourth-order valence-electron chi connectivity index (χ4n) is 6.72. The van der Waals surface area contributed by atoms with Crippen molar-refractivity contribution in [3.8, 4) is 0 Å². The number of hydrogen-bond donors (Lipinski definition) is 1. The number of carbonyl (C=O) groups is 1. The van der Waals surface area contributed by atoms with E-state index in [1.165, 1.54) is 5.57 Å². The minimum Gasteiger partial charge on any atom is -0.393 e. The first-order chi connectivity index (χ1) is 10.9. The Bertz CT molecular complexity index is 556. The number of carbonyl (C=O) groups excluding carboxylic acids is 1. The number of allylic oxidation sites excluding steroid dienone is 1. The summed E-state index contributed by atoms with van der Waals surface area (Å²) in [5, 5.41) is 10.0. The third-order valence-corrected chi connectivity index (χ3v) is 8.13. The molecule has 0 heterocycles. The van der Waals surface area contributed by atoms with Crippen LogP contribution in [0, 0.1) is 34.5 Å². The lowest BCUT2D eigenvalue weighted by atomic mass is 9.48. The molecule has 7 atom stereocenters. The van der Waals surface area contributed by atoms with E-state index in [2.05, 4.69) is 19.9 Å². The van der Waals surface area contributed by atoms with Crippen LogP contribution in [0.25, 0.3) is 0 Å². The average Bonchev–Trinajstić information content (AvgIpc) is 2.79. The fraction of sp³-hybridized carbons (Fsp3) is 0.850. The van der Waals surface area contributed by atoms with Gasteiger partial charge in [-0.1, -0.05) is 25.5 Å². The Morgan fingerprint density at radius 3 is 2.70 bits per heavy atom. The van der Waals surface area contributed by atoms with Gasteiger partial charge in [0.05, 0.1) is 12.8 Å². The van der Waals surface area contributed by atoms with E-state index in [-0.39, 0.29) is 28.6 Å². The number of Topliss-reactive ketones (excluding diaryl/α,β-unsaturated/α-hetero) is 1. The van der Waals surface area contributed by atoms with Crippen LogP contribution >= 0.6 is 0 Å². The third kappa shape index (κ3) is 2.04.